The number of benzene rings is 2. The maximum absolute atomic E-state index is 5.87. The fourth-order valence-electron chi connectivity index (χ4n) is 1.57. The summed E-state index contributed by atoms with van der Waals surface area (Å²) in [4.78, 5) is 2.09. The van der Waals surface area contributed by atoms with Crippen LogP contribution in [0.3, 0.4) is 0 Å². The van der Waals surface area contributed by atoms with Crippen molar-refractivity contribution in [2.45, 2.75) is 0 Å². The van der Waals surface area contributed by atoms with Crippen LogP contribution in [0.15, 0.2) is 36.4 Å². The van der Waals surface area contributed by atoms with Crippen molar-refractivity contribution in [2.24, 2.45) is 0 Å². The summed E-state index contributed by atoms with van der Waals surface area (Å²) in [5, 5.41) is 2.31. The Hall–Kier alpha value is -1.70. The zero-order valence-electron chi connectivity index (χ0n) is 8.49. The Morgan fingerprint density at radius 2 is 1.86 bits per heavy atom. The lowest BCUT2D eigenvalue weighted by Crippen LogP contribution is -2.08. The maximum atomic E-state index is 5.87. The van der Waals surface area contributed by atoms with Gasteiger partial charge in [0.1, 0.15) is 0 Å². The number of nitrogens with two attached hydrogens (primary N) is 1. The van der Waals surface area contributed by atoms with Gasteiger partial charge in [-0.25, -0.2) is 0 Å². The van der Waals surface area contributed by atoms with Crippen molar-refractivity contribution >= 4 is 22.1 Å². The molecule has 2 aromatic carbocycles. The van der Waals surface area contributed by atoms with Crippen molar-refractivity contribution in [1.29, 1.82) is 0 Å². The van der Waals surface area contributed by atoms with Crippen LogP contribution in [0.2, 0.25) is 0 Å². The molecule has 0 heterocycles. The minimum Gasteiger partial charge on any atom is -0.398 e. The van der Waals surface area contributed by atoms with E-state index in [1.165, 1.54) is 11.1 Å². The standard InChI is InChI=1S/C12H14N2/c1-14(2)10-6-7-11-9(8-10)4-3-5-12(11)13/h3-8H,13H2,1-2H3. The third-order valence-electron chi connectivity index (χ3n) is 2.41. The van der Waals surface area contributed by atoms with Crippen molar-refractivity contribution in [1.82, 2.24) is 0 Å². The first-order valence-corrected chi connectivity index (χ1v) is 4.64. The number of rotatable bonds is 1. The summed E-state index contributed by atoms with van der Waals surface area (Å²) in [6, 6.07) is 12.3. The number of hydrogen-bond acceptors (Lipinski definition) is 2. The lowest BCUT2D eigenvalue weighted by molar-refractivity contribution is 1.14. The van der Waals surface area contributed by atoms with Gasteiger partial charge in [-0.15, -0.1) is 0 Å². The Kier molecular flexibility index (Phi) is 2.04. The molecule has 0 spiro atoms. The SMILES string of the molecule is CN(C)c1ccc2c(N)cccc2c1. The Morgan fingerprint density at radius 1 is 1.07 bits per heavy atom. The first-order chi connectivity index (χ1) is 6.68. The Labute approximate surface area is 83.9 Å². The van der Waals surface area contributed by atoms with Crippen LogP contribution in [0.1, 0.15) is 0 Å². The molecule has 0 saturated heterocycles. The summed E-state index contributed by atoms with van der Waals surface area (Å²) in [6.07, 6.45) is 0. The monoisotopic (exact) mass is 186 g/mol. The molecule has 0 radical (unpaired) electrons. The van der Waals surface area contributed by atoms with Gasteiger partial charge in [-0.2, -0.15) is 0 Å². The molecule has 2 N–H and O–H groups in total. The first kappa shape index (κ1) is 8.88. The van der Waals surface area contributed by atoms with Gasteiger partial charge in [-0.05, 0) is 23.6 Å². The van der Waals surface area contributed by atoms with E-state index in [-0.39, 0.29) is 0 Å². The summed E-state index contributed by atoms with van der Waals surface area (Å²) in [5.74, 6) is 0. The number of nitrogens with zero attached hydrogens (tertiary/aromatic N) is 1. The molecule has 0 aliphatic carbocycles. The summed E-state index contributed by atoms with van der Waals surface area (Å²) in [7, 11) is 4.07. The van der Waals surface area contributed by atoms with E-state index in [9.17, 15) is 0 Å². The smallest absolute Gasteiger partial charge is 0.0393 e. The number of nitrogen functional groups attached to an aromatic ring is 1. The second kappa shape index (κ2) is 3.22. The van der Waals surface area contributed by atoms with Gasteiger partial charge in [-0.1, -0.05) is 18.2 Å². The molecule has 0 saturated carbocycles. The van der Waals surface area contributed by atoms with Crippen LogP contribution in [0.4, 0.5) is 11.4 Å². The highest BCUT2D eigenvalue weighted by atomic mass is 15.1. The molecular weight excluding hydrogens is 172 g/mol. The second-order valence-electron chi connectivity index (χ2n) is 3.65. The molecule has 0 aliphatic heterocycles. The fourth-order valence-corrected chi connectivity index (χ4v) is 1.57. The highest BCUT2D eigenvalue weighted by Gasteiger charge is 1.99. The van der Waals surface area contributed by atoms with Crippen LogP contribution >= 0.6 is 0 Å². The van der Waals surface area contributed by atoms with Gasteiger partial charge in [0.25, 0.3) is 0 Å². The van der Waals surface area contributed by atoms with Crippen molar-refractivity contribution in [3.63, 3.8) is 0 Å². The van der Waals surface area contributed by atoms with E-state index < -0.39 is 0 Å². The molecule has 0 aliphatic rings. The Balaban J connectivity index is 2.67. The molecule has 0 unspecified atom stereocenters. The zero-order valence-corrected chi connectivity index (χ0v) is 8.49. The Bertz CT molecular complexity index is 461. The van der Waals surface area contributed by atoms with E-state index in [1.807, 2.05) is 26.2 Å². The highest BCUT2D eigenvalue weighted by molar-refractivity contribution is 5.94. The van der Waals surface area contributed by atoms with Gasteiger partial charge < -0.3 is 10.6 Å². The average molecular weight is 186 g/mol. The van der Waals surface area contributed by atoms with Gasteiger partial charge in [-0.3, -0.25) is 0 Å². The van der Waals surface area contributed by atoms with Gasteiger partial charge in [0.2, 0.25) is 0 Å². The maximum Gasteiger partial charge on any atom is 0.0393 e. The molecule has 2 heteroatoms. The van der Waals surface area contributed by atoms with Crippen LogP contribution in [0, 0.1) is 0 Å². The summed E-state index contributed by atoms with van der Waals surface area (Å²) in [5.41, 5.74) is 7.91. The predicted molar refractivity (Wildman–Crippen MR) is 62.7 cm³/mol. The van der Waals surface area contributed by atoms with Gasteiger partial charge >= 0.3 is 0 Å². The van der Waals surface area contributed by atoms with E-state index >= 15 is 0 Å². The molecule has 0 amide bonds. The van der Waals surface area contributed by atoms with Crippen molar-refractivity contribution < 1.29 is 0 Å². The second-order valence-corrected chi connectivity index (χ2v) is 3.65. The third kappa shape index (κ3) is 1.39. The van der Waals surface area contributed by atoms with Crippen molar-refractivity contribution in [3.05, 3.63) is 36.4 Å². The molecule has 2 aromatic rings. The quantitative estimate of drug-likeness (QED) is 0.693. The normalized spacial score (nSPS) is 10.4. The molecule has 2 rings (SSSR count). The number of hydrogen-bond donors (Lipinski definition) is 1. The van der Waals surface area contributed by atoms with Crippen LogP contribution in [-0.4, -0.2) is 14.1 Å². The van der Waals surface area contributed by atoms with Crippen molar-refractivity contribution in [2.75, 3.05) is 24.7 Å². The topological polar surface area (TPSA) is 29.3 Å². The lowest BCUT2D eigenvalue weighted by atomic mass is 10.1. The van der Waals surface area contributed by atoms with Crippen LogP contribution in [0.5, 0.6) is 0 Å². The lowest BCUT2D eigenvalue weighted by Gasteiger charge is -2.13. The third-order valence-corrected chi connectivity index (χ3v) is 2.41. The van der Waals surface area contributed by atoms with Gasteiger partial charge in [0.15, 0.2) is 0 Å². The molecule has 2 nitrogen and oxygen atoms in total. The molecular formula is C12H14N2. The van der Waals surface area contributed by atoms with Crippen molar-refractivity contribution in [3.8, 4) is 0 Å². The molecule has 72 valence electrons. The molecule has 0 fully saturated rings. The number of anilines is 2. The summed E-state index contributed by atoms with van der Waals surface area (Å²) in [6.45, 7) is 0. The van der Waals surface area contributed by atoms with E-state index in [2.05, 4.69) is 29.2 Å². The Morgan fingerprint density at radius 3 is 2.57 bits per heavy atom. The predicted octanol–water partition coefficient (Wildman–Crippen LogP) is 2.49. The van der Waals surface area contributed by atoms with Gasteiger partial charge in [0.05, 0.1) is 0 Å². The molecule has 14 heavy (non-hydrogen) atoms. The minimum absolute atomic E-state index is 0.841. The van der Waals surface area contributed by atoms with Gasteiger partial charge in [0, 0.05) is 30.9 Å². The summed E-state index contributed by atoms with van der Waals surface area (Å²) >= 11 is 0. The molecule has 0 atom stereocenters. The zero-order chi connectivity index (χ0) is 10.1. The fraction of sp³-hybridized carbons (Fsp3) is 0.167. The highest BCUT2D eigenvalue weighted by Crippen LogP contribution is 2.24. The van der Waals surface area contributed by atoms with E-state index in [1.54, 1.807) is 0 Å². The first-order valence-electron chi connectivity index (χ1n) is 4.64. The number of fused-ring (bicyclic) bond motifs is 1. The van der Waals surface area contributed by atoms with Crippen LogP contribution in [0.25, 0.3) is 10.8 Å². The summed E-state index contributed by atoms with van der Waals surface area (Å²) < 4.78 is 0. The largest absolute Gasteiger partial charge is 0.398 e. The van der Waals surface area contributed by atoms with E-state index in [0.29, 0.717) is 0 Å². The molecule has 0 bridgehead atoms. The minimum atomic E-state index is 0.841. The van der Waals surface area contributed by atoms with E-state index in [0.717, 1.165) is 11.1 Å². The average Bonchev–Trinajstić information content (AvgIpc) is 2.17. The molecule has 0 aromatic heterocycles. The van der Waals surface area contributed by atoms with E-state index in [4.69, 9.17) is 5.73 Å². The van der Waals surface area contributed by atoms with Crippen LogP contribution < -0.4 is 10.6 Å². The van der Waals surface area contributed by atoms with Crippen LogP contribution in [-0.2, 0) is 0 Å².